The number of halogens is 1. The highest BCUT2D eigenvalue weighted by molar-refractivity contribution is 9.10. The van der Waals surface area contributed by atoms with Crippen molar-refractivity contribution >= 4 is 21.8 Å². The third-order valence-corrected chi connectivity index (χ3v) is 2.58. The summed E-state index contributed by atoms with van der Waals surface area (Å²) in [4.78, 5) is 15.1. The molecule has 0 radical (unpaired) electrons. The molecule has 0 unspecified atom stereocenters. The van der Waals surface area contributed by atoms with Gasteiger partial charge in [-0.1, -0.05) is 6.07 Å². The normalized spacial score (nSPS) is 15.8. The number of hydrogen-bond acceptors (Lipinski definition) is 2. The number of nitrogens with zero attached hydrogens (tertiary/aromatic N) is 1. The summed E-state index contributed by atoms with van der Waals surface area (Å²) in [7, 11) is 0. The molecule has 1 aliphatic rings. The van der Waals surface area contributed by atoms with Gasteiger partial charge in [-0.15, -0.1) is 0 Å². The van der Waals surface area contributed by atoms with E-state index in [1.165, 1.54) is 0 Å². The Bertz CT molecular complexity index is 361. The Balaban J connectivity index is 2.47. The van der Waals surface area contributed by atoms with Gasteiger partial charge in [0, 0.05) is 0 Å². The van der Waals surface area contributed by atoms with Gasteiger partial charge in [-0.25, -0.2) is 4.98 Å². The molecule has 1 saturated carbocycles. The molecule has 0 aromatic carbocycles. The molecule has 3 nitrogen and oxygen atoms in total. The SMILES string of the molecule is NC(=O)c1nc(Br)ccc1C1CC1. The van der Waals surface area contributed by atoms with Crippen molar-refractivity contribution in [2.24, 2.45) is 5.73 Å². The molecule has 1 aliphatic carbocycles. The smallest absolute Gasteiger partial charge is 0.267 e. The molecule has 2 N–H and O–H groups in total. The van der Waals surface area contributed by atoms with Crippen molar-refractivity contribution in [3.05, 3.63) is 28.0 Å². The van der Waals surface area contributed by atoms with Crippen LogP contribution in [0, 0.1) is 0 Å². The van der Waals surface area contributed by atoms with Crippen LogP contribution in [0.1, 0.15) is 34.8 Å². The van der Waals surface area contributed by atoms with Gasteiger partial charge in [0.2, 0.25) is 0 Å². The van der Waals surface area contributed by atoms with E-state index in [9.17, 15) is 4.79 Å². The molecular formula is C9H9BrN2O. The third kappa shape index (κ3) is 1.72. The molecule has 1 heterocycles. The first-order chi connectivity index (χ1) is 6.18. The van der Waals surface area contributed by atoms with Crippen LogP contribution in [0.3, 0.4) is 0 Å². The largest absolute Gasteiger partial charge is 0.364 e. The van der Waals surface area contributed by atoms with Crippen LogP contribution in [-0.2, 0) is 0 Å². The minimum atomic E-state index is -0.441. The Hall–Kier alpha value is -0.900. The maximum Gasteiger partial charge on any atom is 0.267 e. The molecule has 4 heteroatoms. The maximum absolute atomic E-state index is 11.0. The van der Waals surface area contributed by atoms with E-state index in [0.717, 1.165) is 18.4 Å². The second kappa shape index (κ2) is 3.10. The summed E-state index contributed by atoms with van der Waals surface area (Å²) in [6, 6.07) is 3.77. The van der Waals surface area contributed by atoms with E-state index in [1.807, 2.05) is 12.1 Å². The van der Waals surface area contributed by atoms with Gasteiger partial charge in [-0.2, -0.15) is 0 Å². The third-order valence-electron chi connectivity index (χ3n) is 2.14. The van der Waals surface area contributed by atoms with Crippen LogP contribution in [-0.4, -0.2) is 10.9 Å². The summed E-state index contributed by atoms with van der Waals surface area (Å²) >= 11 is 3.22. The van der Waals surface area contributed by atoms with Crippen LogP contribution in [0.25, 0.3) is 0 Å². The fourth-order valence-electron chi connectivity index (χ4n) is 1.37. The Labute approximate surface area is 84.5 Å². The summed E-state index contributed by atoms with van der Waals surface area (Å²) in [5.41, 5.74) is 6.64. The molecule has 0 saturated heterocycles. The number of aromatic nitrogens is 1. The zero-order valence-corrected chi connectivity index (χ0v) is 8.54. The van der Waals surface area contributed by atoms with E-state index in [0.29, 0.717) is 16.2 Å². The fourth-order valence-corrected chi connectivity index (χ4v) is 1.68. The second-order valence-corrected chi connectivity index (χ2v) is 4.02. The summed E-state index contributed by atoms with van der Waals surface area (Å²) in [6.45, 7) is 0. The number of hydrogen-bond donors (Lipinski definition) is 1. The predicted octanol–water partition coefficient (Wildman–Crippen LogP) is 1.82. The maximum atomic E-state index is 11.0. The van der Waals surface area contributed by atoms with Crippen molar-refractivity contribution in [2.45, 2.75) is 18.8 Å². The highest BCUT2D eigenvalue weighted by Gasteiger charge is 2.28. The van der Waals surface area contributed by atoms with Crippen molar-refractivity contribution in [1.82, 2.24) is 4.98 Å². The minimum Gasteiger partial charge on any atom is -0.364 e. The molecule has 1 amide bonds. The number of rotatable bonds is 2. The number of primary amides is 1. The van der Waals surface area contributed by atoms with Crippen LogP contribution in [0.2, 0.25) is 0 Å². The first kappa shape index (κ1) is 8.69. The van der Waals surface area contributed by atoms with E-state index in [2.05, 4.69) is 20.9 Å². The molecular weight excluding hydrogens is 232 g/mol. The van der Waals surface area contributed by atoms with Gasteiger partial charge in [0.05, 0.1) is 0 Å². The van der Waals surface area contributed by atoms with Crippen molar-refractivity contribution in [3.8, 4) is 0 Å². The average Bonchev–Trinajstić information content (AvgIpc) is 2.87. The molecule has 1 fully saturated rings. The molecule has 13 heavy (non-hydrogen) atoms. The molecule has 0 bridgehead atoms. The summed E-state index contributed by atoms with van der Waals surface area (Å²) in [6.07, 6.45) is 2.28. The summed E-state index contributed by atoms with van der Waals surface area (Å²) in [5.74, 6) is 0.0614. The molecule has 0 atom stereocenters. The van der Waals surface area contributed by atoms with Gasteiger partial charge in [0.1, 0.15) is 10.3 Å². The second-order valence-electron chi connectivity index (χ2n) is 3.21. The Kier molecular flexibility index (Phi) is 2.07. The van der Waals surface area contributed by atoms with Crippen LogP contribution in [0.4, 0.5) is 0 Å². The van der Waals surface area contributed by atoms with Gasteiger partial charge in [-0.05, 0) is 46.3 Å². The topological polar surface area (TPSA) is 56.0 Å². The molecule has 0 spiro atoms. The summed E-state index contributed by atoms with van der Waals surface area (Å²) < 4.78 is 0.658. The molecule has 2 rings (SSSR count). The zero-order valence-electron chi connectivity index (χ0n) is 6.96. The highest BCUT2D eigenvalue weighted by Crippen LogP contribution is 2.41. The standard InChI is InChI=1S/C9H9BrN2O/c10-7-4-3-6(5-1-2-5)8(12-7)9(11)13/h3-5H,1-2H2,(H2,11,13). The number of pyridine rings is 1. The average molecular weight is 241 g/mol. The zero-order chi connectivity index (χ0) is 9.42. The van der Waals surface area contributed by atoms with Crippen LogP contribution in [0.15, 0.2) is 16.7 Å². The first-order valence-corrected chi connectivity index (χ1v) is 4.94. The Morgan fingerprint density at radius 1 is 1.54 bits per heavy atom. The Morgan fingerprint density at radius 3 is 2.77 bits per heavy atom. The van der Waals surface area contributed by atoms with Crippen LogP contribution in [0.5, 0.6) is 0 Å². The lowest BCUT2D eigenvalue weighted by molar-refractivity contribution is 0.0994. The van der Waals surface area contributed by atoms with E-state index in [4.69, 9.17) is 5.73 Å². The lowest BCUT2D eigenvalue weighted by Gasteiger charge is -2.03. The summed E-state index contributed by atoms with van der Waals surface area (Å²) in [5, 5.41) is 0. The molecule has 68 valence electrons. The number of nitrogens with two attached hydrogens (primary N) is 1. The van der Waals surface area contributed by atoms with Gasteiger partial charge in [0.15, 0.2) is 0 Å². The van der Waals surface area contributed by atoms with Gasteiger partial charge >= 0.3 is 0 Å². The van der Waals surface area contributed by atoms with Crippen LogP contribution < -0.4 is 5.73 Å². The van der Waals surface area contributed by atoms with Crippen LogP contribution >= 0.6 is 15.9 Å². The van der Waals surface area contributed by atoms with E-state index in [-0.39, 0.29) is 0 Å². The Morgan fingerprint density at radius 2 is 2.23 bits per heavy atom. The quantitative estimate of drug-likeness (QED) is 0.803. The first-order valence-electron chi connectivity index (χ1n) is 4.14. The van der Waals surface area contributed by atoms with E-state index < -0.39 is 5.91 Å². The monoisotopic (exact) mass is 240 g/mol. The number of carbonyl (C=O) groups excluding carboxylic acids is 1. The molecule has 0 aliphatic heterocycles. The minimum absolute atomic E-state index is 0.414. The van der Waals surface area contributed by atoms with Crippen molar-refractivity contribution in [3.63, 3.8) is 0 Å². The molecule has 1 aromatic heterocycles. The van der Waals surface area contributed by atoms with Gasteiger partial charge in [0.25, 0.3) is 5.91 Å². The van der Waals surface area contributed by atoms with Gasteiger partial charge < -0.3 is 5.73 Å². The van der Waals surface area contributed by atoms with Crippen molar-refractivity contribution < 1.29 is 4.79 Å². The predicted molar refractivity (Wildman–Crippen MR) is 52.4 cm³/mol. The molecule has 1 aromatic rings. The van der Waals surface area contributed by atoms with E-state index in [1.54, 1.807) is 0 Å². The van der Waals surface area contributed by atoms with Gasteiger partial charge in [-0.3, -0.25) is 4.79 Å². The van der Waals surface area contributed by atoms with E-state index >= 15 is 0 Å². The number of carbonyl (C=O) groups is 1. The van der Waals surface area contributed by atoms with Crippen molar-refractivity contribution in [2.75, 3.05) is 0 Å². The number of amides is 1. The highest BCUT2D eigenvalue weighted by atomic mass is 79.9. The fraction of sp³-hybridized carbons (Fsp3) is 0.333. The lowest BCUT2D eigenvalue weighted by Crippen LogP contribution is -2.15. The lowest BCUT2D eigenvalue weighted by atomic mass is 10.1. The van der Waals surface area contributed by atoms with Crippen molar-refractivity contribution in [1.29, 1.82) is 0 Å².